The van der Waals surface area contributed by atoms with Crippen molar-refractivity contribution in [1.82, 2.24) is 15.5 Å². The van der Waals surface area contributed by atoms with Crippen molar-refractivity contribution in [1.29, 1.82) is 0 Å². The summed E-state index contributed by atoms with van der Waals surface area (Å²) in [7, 11) is 3.28. The van der Waals surface area contributed by atoms with Crippen LogP contribution in [0.2, 0.25) is 0 Å². The molecule has 0 radical (unpaired) electrons. The molecule has 0 amide bonds. The Morgan fingerprint density at radius 2 is 1.97 bits per heavy atom. The lowest BCUT2D eigenvalue weighted by molar-refractivity contribution is -0.143. The summed E-state index contributed by atoms with van der Waals surface area (Å²) in [6.07, 6.45) is 1.23. The van der Waals surface area contributed by atoms with Gasteiger partial charge in [-0.2, -0.15) is 13.2 Å². The van der Waals surface area contributed by atoms with E-state index in [-0.39, 0.29) is 12.1 Å². The largest absolute Gasteiger partial charge is 0.493 e. The molecule has 2 aliphatic rings. The van der Waals surface area contributed by atoms with Crippen LogP contribution in [-0.2, 0) is 6.54 Å². The third-order valence-corrected chi connectivity index (χ3v) is 5.52. The maximum Gasteiger partial charge on any atom is 0.401 e. The van der Waals surface area contributed by atoms with Crippen LogP contribution in [0.4, 0.5) is 13.2 Å². The second-order valence-corrected chi connectivity index (χ2v) is 7.92. The van der Waals surface area contributed by atoms with Crippen LogP contribution in [0.25, 0.3) is 0 Å². The van der Waals surface area contributed by atoms with Gasteiger partial charge in [0.15, 0.2) is 17.5 Å². The standard InChI is InChI=1S/C21H31F3N4O2/c1-25-20(27-16-9-10-28(13-16)14-21(22,23)24)26-12-15-7-8-18(29-2)19(11-15)30-17-5-3-4-6-17/h7-8,11,16-17H,3-6,9-10,12-14H2,1-2H3,(H2,25,26,27). The van der Waals surface area contributed by atoms with Crippen molar-refractivity contribution in [2.75, 3.05) is 33.8 Å². The van der Waals surface area contributed by atoms with E-state index < -0.39 is 12.7 Å². The van der Waals surface area contributed by atoms with Gasteiger partial charge in [-0.1, -0.05) is 6.07 Å². The van der Waals surface area contributed by atoms with E-state index in [1.165, 1.54) is 17.7 Å². The molecule has 1 aliphatic heterocycles. The molecule has 30 heavy (non-hydrogen) atoms. The second kappa shape index (κ2) is 10.2. The normalized spacial score (nSPS) is 21.1. The molecule has 1 atom stereocenters. The summed E-state index contributed by atoms with van der Waals surface area (Å²) in [5.41, 5.74) is 1.01. The first-order chi connectivity index (χ1) is 14.4. The minimum Gasteiger partial charge on any atom is -0.493 e. The number of likely N-dealkylation sites (tertiary alicyclic amines) is 1. The van der Waals surface area contributed by atoms with Gasteiger partial charge in [0.2, 0.25) is 0 Å². The highest BCUT2D eigenvalue weighted by atomic mass is 19.4. The number of methoxy groups -OCH3 is 1. The summed E-state index contributed by atoms with van der Waals surface area (Å²) in [5.74, 6) is 2.03. The Bertz CT molecular complexity index is 721. The first kappa shape index (κ1) is 22.5. The molecule has 9 heteroatoms. The fourth-order valence-electron chi connectivity index (χ4n) is 4.03. The van der Waals surface area contributed by atoms with Gasteiger partial charge < -0.3 is 20.1 Å². The highest BCUT2D eigenvalue weighted by Gasteiger charge is 2.34. The molecule has 1 aliphatic carbocycles. The van der Waals surface area contributed by atoms with Crippen LogP contribution in [0.15, 0.2) is 23.2 Å². The molecule has 0 spiro atoms. The summed E-state index contributed by atoms with van der Waals surface area (Å²) in [5, 5.41) is 6.46. The average Bonchev–Trinajstić information content (AvgIpc) is 3.36. The van der Waals surface area contributed by atoms with E-state index >= 15 is 0 Å². The zero-order valence-corrected chi connectivity index (χ0v) is 17.6. The number of ether oxygens (including phenoxy) is 2. The number of rotatable bonds is 7. The van der Waals surface area contributed by atoms with Crippen LogP contribution in [0, 0.1) is 0 Å². The molecule has 1 aromatic rings. The van der Waals surface area contributed by atoms with Gasteiger partial charge in [-0.25, -0.2) is 0 Å². The zero-order valence-electron chi connectivity index (χ0n) is 17.6. The quantitative estimate of drug-likeness (QED) is 0.516. The number of benzene rings is 1. The van der Waals surface area contributed by atoms with Crippen molar-refractivity contribution < 1.29 is 22.6 Å². The van der Waals surface area contributed by atoms with Gasteiger partial charge in [0.1, 0.15) is 0 Å². The SMILES string of the molecule is CN=C(NCc1ccc(OC)c(OC2CCCC2)c1)NC1CCN(CC(F)(F)F)C1. The third kappa shape index (κ3) is 6.68. The molecule has 1 aromatic carbocycles. The van der Waals surface area contributed by atoms with E-state index in [0.717, 1.165) is 24.2 Å². The Balaban J connectivity index is 1.52. The van der Waals surface area contributed by atoms with E-state index in [1.54, 1.807) is 14.2 Å². The lowest BCUT2D eigenvalue weighted by Crippen LogP contribution is -2.44. The maximum atomic E-state index is 12.6. The van der Waals surface area contributed by atoms with Gasteiger partial charge in [0, 0.05) is 32.7 Å². The molecule has 1 heterocycles. The number of guanidine groups is 1. The molecule has 1 saturated heterocycles. The predicted octanol–water partition coefficient (Wildman–Crippen LogP) is 3.32. The molecule has 2 N–H and O–H groups in total. The Morgan fingerprint density at radius 3 is 2.63 bits per heavy atom. The van der Waals surface area contributed by atoms with Crippen LogP contribution < -0.4 is 20.1 Å². The molecular formula is C21H31F3N4O2. The first-order valence-electron chi connectivity index (χ1n) is 10.5. The van der Waals surface area contributed by atoms with Crippen molar-refractivity contribution in [2.45, 2.75) is 57.0 Å². The fourth-order valence-corrected chi connectivity index (χ4v) is 4.03. The van der Waals surface area contributed by atoms with E-state index in [1.807, 2.05) is 18.2 Å². The smallest absolute Gasteiger partial charge is 0.401 e. The van der Waals surface area contributed by atoms with Gasteiger partial charge >= 0.3 is 6.18 Å². The Labute approximate surface area is 175 Å². The van der Waals surface area contributed by atoms with Gasteiger partial charge in [-0.15, -0.1) is 0 Å². The Morgan fingerprint density at radius 1 is 1.20 bits per heavy atom. The number of nitrogens with one attached hydrogen (secondary N) is 2. The van der Waals surface area contributed by atoms with Crippen molar-refractivity contribution in [3.63, 3.8) is 0 Å². The summed E-state index contributed by atoms with van der Waals surface area (Å²) >= 11 is 0. The molecular weight excluding hydrogens is 397 g/mol. The number of alkyl halides is 3. The average molecular weight is 428 g/mol. The lowest BCUT2D eigenvalue weighted by Gasteiger charge is -2.20. The van der Waals surface area contributed by atoms with Crippen LogP contribution in [0.1, 0.15) is 37.7 Å². The van der Waals surface area contributed by atoms with Crippen LogP contribution in [0.5, 0.6) is 11.5 Å². The van der Waals surface area contributed by atoms with Crippen molar-refractivity contribution in [3.8, 4) is 11.5 Å². The number of nitrogens with zero attached hydrogens (tertiary/aromatic N) is 2. The molecule has 2 fully saturated rings. The maximum absolute atomic E-state index is 12.6. The number of hydrogen-bond donors (Lipinski definition) is 2. The van der Waals surface area contributed by atoms with Crippen molar-refractivity contribution in [3.05, 3.63) is 23.8 Å². The Kier molecular flexibility index (Phi) is 7.69. The van der Waals surface area contributed by atoms with Gasteiger partial charge in [0.05, 0.1) is 19.8 Å². The van der Waals surface area contributed by atoms with Gasteiger partial charge in [0.25, 0.3) is 0 Å². The molecule has 0 aromatic heterocycles. The van der Waals surface area contributed by atoms with Crippen LogP contribution >= 0.6 is 0 Å². The highest BCUT2D eigenvalue weighted by Crippen LogP contribution is 2.32. The number of hydrogen-bond acceptors (Lipinski definition) is 4. The van der Waals surface area contributed by atoms with Crippen molar-refractivity contribution >= 4 is 5.96 Å². The molecule has 1 unspecified atom stereocenters. The molecule has 3 rings (SSSR count). The summed E-state index contributed by atoms with van der Waals surface area (Å²) in [6, 6.07) is 5.76. The van der Waals surface area contributed by atoms with Crippen LogP contribution in [0.3, 0.4) is 0 Å². The van der Waals surface area contributed by atoms with Crippen molar-refractivity contribution in [2.24, 2.45) is 4.99 Å². The first-order valence-corrected chi connectivity index (χ1v) is 10.5. The predicted molar refractivity (Wildman–Crippen MR) is 110 cm³/mol. The Hall–Kier alpha value is -2.16. The molecule has 1 saturated carbocycles. The van der Waals surface area contributed by atoms with E-state index in [9.17, 15) is 13.2 Å². The molecule has 6 nitrogen and oxygen atoms in total. The second-order valence-electron chi connectivity index (χ2n) is 7.92. The van der Waals surface area contributed by atoms with Gasteiger partial charge in [-0.3, -0.25) is 9.89 Å². The molecule has 0 bridgehead atoms. The summed E-state index contributed by atoms with van der Waals surface area (Å²) in [4.78, 5) is 5.62. The topological polar surface area (TPSA) is 58.1 Å². The van der Waals surface area contributed by atoms with Crippen LogP contribution in [-0.4, -0.2) is 63.0 Å². The summed E-state index contributed by atoms with van der Waals surface area (Å²) < 4.78 is 49.3. The zero-order chi connectivity index (χ0) is 21.6. The minimum atomic E-state index is -4.17. The minimum absolute atomic E-state index is 0.0596. The highest BCUT2D eigenvalue weighted by molar-refractivity contribution is 5.80. The van der Waals surface area contributed by atoms with Gasteiger partial charge in [-0.05, 0) is 49.8 Å². The van der Waals surface area contributed by atoms with E-state index in [4.69, 9.17) is 9.47 Å². The summed E-state index contributed by atoms with van der Waals surface area (Å²) in [6.45, 7) is 0.424. The number of aliphatic imine (C=N–C) groups is 1. The fraction of sp³-hybridized carbons (Fsp3) is 0.667. The van der Waals surface area contributed by atoms with E-state index in [2.05, 4.69) is 15.6 Å². The number of halogens is 3. The lowest BCUT2D eigenvalue weighted by atomic mass is 10.2. The monoisotopic (exact) mass is 428 g/mol. The van der Waals surface area contributed by atoms with E-state index in [0.29, 0.717) is 37.8 Å². The third-order valence-electron chi connectivity index (χ3n) is 5.52. The molecule has 168 valence electrons.